The zero-order valence-electron chi connectivity index (χ0n) is 20.6. The van der Waals surface area contributed by atoms with Crippen LogP contribution in [-0.4, -0.2) is 75.1 Å². The average Bonchev–Trinajstić information content (AvgIpc) is 3.23. The van der Waals surface area contributed by atoms with Gasteiger partial charge in [-0.25, -0.2) is 17.5 Å². The molecule has 0 aliphatic carbocycles. The van der Waals surface area contributed by atoms with Gasteiger partial charge in [-0.3, -0.25) is 9.59 Å². The van der Waals surface area contributed by atoms with Gasteiger partial charge in [0.1, 0.15) is 12.4 Å². The summed E-state index contributed by atoms with van der Waals surface area (Å²) < 4.78 is 56.9. The molecule has 2 aromatic carbocycles. The second-order valence-corrected chi connectivity index (χ2v) is 9.46. The van der Waals surface area contributed by atoms with Crippen molar-refractivity contribution in [1.29, 1.82) is 0 Å². The number of anilines is 3. The zero-order chi connectivity index (χ0) is 27.7. The fraction of sp³-hybridized carbons (Fsp3) is 0.304. The van der Waals surface area contributed by atoms with Crippen LogP contribution in [0.3, 0.4) is 0 Å². The van der Waals surface area contributed by atoms with Crippen LogP contribution in [0.4, 0.5) is 22.0 Å². The van der Waals surface area contributed by atoms with E-state index in [-0.39, 0.29) is 35.6 Å². The number of hydrogen-bond acceptors (Lipinski definition) is 11. The summed E-state index contributed by atoms with van der Waals surface area (Å²) in [6.45, 7) is 2.25. The summed E-state index contributed by atoms with van der Waals surface area (Å²) >= 11 is 0. The van der Waals surface area contributed by atoms with Crippen LogP contribution in [0, 0.1) is 12.7 Å². The molecule has 1 amide bonds. The van der Waals surface area contributed by atoms with E-state index in [0.29, 0.717) is 24.5 Å². The maximum atomic E-state index is 14.2. The van der Waals surface area contributed by atoms with Crippen molar-refractivity contribution in [1.82, 2.24) is 19.5 Å². The molecule has 0 unspecified atom stereocenters. The summed E-state index contributed by atoms with van der Waals surface area (Å²) in [6.07, 6.45) is 0. The van der Waals surface area contributed by atoms with Crippen molar-refractivity contribution < 1.29 is 36.6 Å². The number of nitrogens with one attached hydrogen (secondary N) is 2. The third-order valence-corrected chi connectivity index (χ3v) is 6.36. The Bertz CT molecular complexity index is 1360. The van der Waals surface area contributed by atoms with E-state index in [1.54, 1.807) is 20.1 Å². The van der Waals surface area contributed by atoms with Gasteiger partial charge in [-0.1, -0.05) is 12.1 Å². The lowest BCUT2D eigenvalue weighted by Crippen LogP contribution is -2.33. The highest BCUT2D eigenvalue weighted by atomic mass is 32.2. The van der Waals surface area contributed by atoms with E-state index in [2.05, 4.69) is 15.4 Å². The lowest BCUT2D eigenvalue weighted by molar-refractivity contribution is -0.124. The third-order valence-electron chi connectivity index (χ3n) is 4.97. The first-order valence-electron chi connectivity index (χ1n) is 11.2. The summed E-state index contributed by atoms with van der Waals surface area (Å²) in [4.78, 5) is 28.5. The van der Waals surface area contributed by atoms with Gasteiger partial charge in [-0.15, -0.1) is 5.10 Å². The average molecular weight is 551 g/mol. The van der Waals surface area contributed by atoms with Crippen molar-refractivity contribution in [2.45, 2.75) is 11.8 Å². The van der Waals surface area contributed by atoms with Crippen LogP contribution < -0.4 is 15.8 Å². The molecule has 15 heteroatoms. The number of halogens is 1. The number of nitrogen functional groups attached to an aromatic ring is 1. The van der Waals surface area contributed by atoms with E-state index in [4.69, 9.17) is 19.9 Å². The number of sulfonamides is 1. The minimum absolute atomic E-state index is 0.0721. The first-order valence-corrected chi connectivity index (χ1v) is 12.7. The molecule has 3 rings (SSSR count). The van der Waals surface area contributed by atoms with Gasteiger partial charge in [-0.2, -0.15) is 9.67 Å². The monoisotopic (exact) mass is 550 g/mol. The smallest absolute Gasteiger partial charge is 0.284 e. The molecule has 3 aromatic rings. The Balaban J connectivity index is 1.58. The second kappa shape index (κ2) is 13.0. The molecule has 204 valence electrons. The molecule has 0 fully saturated rings. The molecule has 13 nitrogen and oxygen atoms in total. The number of carbonyl (C=O) groups excluding carboxylic acids is 2. The summed E-state index contributed by atoms with van der Waals surface area (Å²) in [7, 11) is -2.61. The predicted octanol–water partition coefficient (Wildman–Crippen LogP) is 1.22. The molecule has 0 saturated heterocycles. The molecule has 0 bridgehead atoms. The number of nitrogens with zero attached hydrogens (tertiary/aromatic N) is 3. The first kappa shape index (κ1) is 28.6. The second-order valence-electron chi connectivity index (χ2n) is 7.78. The quantitative estimate of drug-likeness (QED) is 0.261. The van der Waals surface area contributed by atoms with Gasteiger partial charge in [0.2, 0.25) is 11.9 Å². The summed E-state index contributed by atoms with van der Waals surface area (Å²) in [5, 5.41) is 6.76. The standard InChI is InChI=1S/C23H27FN6O7S/c1-15-4-3-5-18(24)20(15)21(32)30-22(25)27-23(28-30)26-16-6-8-17(9-7-16)38(33,34)29-19(31)14-37-13-12-36-11-10-35-2/h3-9H,10-14H2,1-2H3,(H,29,31)(H3,25,26,27,28). The highest BCUT2D eigenvalue weighted by Gasteiger charge is 2.22. The topological polar surface area (TPSA) is 177 Å². The molecule has 0 saturated carbocycles. The van der Waals surface area contributed by atoms with Crippen molar-refractivity contribution in [3.8, 4) is 0 Å². The molecule has 0 spiro atoms. The van der Waals surface area contributed by atoms with Crippen molar-refractivity contribution in [3.63, 3.8) is 0 Å². The Kier molecular flexibility index (Phi) is 9.84. The van der Waals surface area contributed by atoms with Crippen LogP contribution in [0.15, 0.2) is 47.4 Å². The molecule has 0 radical (unpaired) electrons. The Morgan fingerprint density at radius 3 is 2.42 bits per heavy atom. The van der Waals surface area contributed by atoms with E-state index < -0.39 is 34.3 Å². The van der Waals surface area contributed by atoms with Crippen LogP contribution in [0.25, 0.3) is 0 Å². The third kappa shape index (κ3) is 7.55. The Morgan fingerprint density at radius 2 is 1.74 bits per heavy atom. The van der Waals surface area contributed by atoms with E-state index in [1.165, 1.54) is 30.3 Å². The van der Waals surface area contributed by atoms with Crippen LogP contribution >= 0.6 is 0 Å². The highest BCUT2D eigenvalue weighted by Crippen LogP contribution is 2.20. The fourth-order valence-corrected chi connectivity index (χ4v) is 4.12. The Morgan fingerprint density at radius 1 is 1.05 bits per heavy atom. The van der Waals surface area contributed by atoms with Crippen molar-refractivity contribution in [3.05, 3.63) is 59.4 Å². The normalized spacial score (nSPS) is 11.3. The van der Waals surface area contributed by atoms with Crippen molar-refractivity contribution >= 4 is 39.4 Å². The predicted molar refractivity (Wildman–Crippen MR) is 134 cm³/mol. The van der Waals surface area contributed by atoms with Gasteiger partial charge in [-0.05, 0) is 42.8 Å². The summed E-state index contributed by atoms with van der Waals surface area (Å²) in [5.41, 5.74) is 6.37. The Hall–Kier alpha value is -3.92. The molecule has 38 heavy (non-hydrogen) atoms. The lowest BCUT2D eigenvalue weighted by atomic mass is 10.1. The molecular weight excluding hydrogens is 523 g/mol. The number of aromatic nitrogens is 3. The summed E-state index contributed by atoms with van der Waals surface area (Å²) in [6, 6.07) is 9.49. The van der Waals surface area contributed by atoms with Gasteiger partial charge in [0.05, 0.1) is 36.9 Å². The van der Waals surface area contributed by atoms with E-state index in [1.807, 2.05) is 4.72 Å². The van der Waals surface area contributed by atoms with E-state index >= 15 is 0 Å². The molecule has 0 aliphatic rings. The van der Waals surface area contributed by atoms with Crippen LogP contribution in [-0.2, 0) is 29.0 Å². The zero-order valence-corrected chi connectivity index (χ0v) is 21.5. The van der Waals surface area contributed by atoms with E-state index in [0.717, 1.165) is 10.7 Å². The number of hydrogen-bond donors (Lipinski definition) is 3. The number of amides is 1. The largest absolute Gasteiger partial charge is 0.382 e. The number of methoxy groups -OCH3 is 1. The number of ether oxygens (including phenoxy) is 3. The highest BCUT2D eigenvalue weighted by molar-refractivity contribution is 7.90. The number of aryl methyl sites for hydroxylation is 1. The molecule has 0 aliphatic heterocycles. The lowest BCUT2D eigenvalue weighted by Gasteiger charge is -2.09. The number of benzene rings is 2. The minimum Gasteiger partial charge on any atom is -0.382 e. The molecule has 1 aromatic heterocycles. The van der Waals surface area contributed by atoms with Crippen LogP contribution in [0.2, 0.25) is 0 Å². The molecular formula is C23H27FN6O7S. The molecule has 1 heterocycles. The van der Waals surface area contributed by atoms with Crippen molar-refractivity contribution in [2.24, 2.45) is 0 Å². The van der Waals surface area contributed by atoms with Gasteiger partial charge in [0.25, 0.3) is 21.8 Å². The van der Waals surface area contributed by atoms with Crippen LogP contribution in [0.1, 0.15) is 15.9 Å². The minimum atomic E-state index is -4.15. The molecule has 0 atom stereocenters. The van der Waals surface area contributed by atoms with Gasteiger partial charge in [0.15, 0.2) is 0 Å². The van der Waals surface area contributed by atoms with Crippen LogP contribution in [0.5, 0.6) is 0 Å². The van der Waals surface area contributed by atoms with Gasteiger partial charge >= 0.3 is 0 Å². The maximum Gasteiger partial charge on any atom is 0.284 e. The van der Waals surface area contributed by atoms with Crippen molar-refractivity contribution in [2.75, 3.05) is 51.2 Å². The Labute approximate surface area is 218 Å². The fourth-order valence-electron chi connectivity index (χ4n) is 3.15. The SMILES string of the molecule is COCCOCCOCC(=O)NS(=O)(=O)c1ccc(Nc2nc(N)n(C(=O)c3c(C)cccc3F)n2)cc1. The molecule has 4 N–H and O–H groups in total. The summed E-state index contributed by atoms with van der Waals surface area (Å²) in [5.74, 6) is -2.70. The number of rotatable bonds is 13. The first-order chi connectivity index (χ1) is 18.1. The number of nitrogens with two attached hydrogens (primary N) is 1. The van der Waals surface area contributed by atoms with Gasteiger partial charge in [0, 0.05) is 12.8 Å². The van der Waals surface area contributed by atoms with Gasteiger partial charge < -0.3 is 25.3 Å². The maximum absolute atomic E-state index is 14.2. The number of carbonyl (C=O) groups is 2. The van der Waals surface area contributed by atoms with E-state index in [9.17, 15) is 22.4 Å².